The number of amides is 1. The molecule has 8 heteroatoms. The molecule has 0 fully saturated rings. The second-order valence-corrected chi connectivity index (χ2v) is 5.39. The molecule has 116 valence electrons. The molecule has 1 heterocycles. The molecule has 0 radical (unpaired) electrons. The third kappa shape index (κ3) is 3.09. The van der Waals surface area contributed by atoms with Gasteiger partial charge in [0.1, 0.15) is 0 Å². The number of carbonyl (C=O) groups excluding carboxylic acids is 1. The average Bonchev–Trinajstić information content (AvgIpc) is 2.78. The number of carbonyl (C=O) groups is 1. The number of nitro groups is 1. The summed E-state index contributed by atoms with van der Waals surface area (Å²) in [6, 6.07) is 4.43. The zero-order valence-corrected chi connectivity index (χ0v) is 13.2. The minimum Gasteiger partial charge on any atom is -0.336 e. The standard InChI is InChI=1S/C14H15ClN4O3/c1-9-4-5-10(6-12(9)19(21)22)14(20)17(2)8-13-11(15)7-16-18(13)3/h4-7H,8H2,1-3H3. The summed E-state index contributed by atoms with van der Waals surface area (Å²) in [4.78, 5) is 24.3. The molecule has 0 saturated heterocycles. The van der Waals surface area contributed by atoms with Gasteiger partial charge in [-0.3, -0.25) is 19.6 Å². The number of nitro benzene ring substituents is 1. The fourth-order valence-corrected chi connectivity index (χ4v) is 2.30. The van der Waals surface area contributed by atoms with Crippen LogP contribution in [0.25, 0.3) is 0 Å². The number of hydrogen-bond acceptors (Lipinski definition) is 4. The van der Waals surface area contributed by atoms with Crippen LogP contribution in [0.4, 0.5) is 5.69 Å². The number of halogens is 1. The normalized spacial score (nSPS) is 10.5. The molecular weight excluding hydrogens is 308 g/mol. The first-order valence-electron chi connectivity index (χ1n) is 6.48. The van der Waals surface area contributed by atoms with Crippen LogP contribution in [0, 0.1) is 17.0 Å². The minimum absolute atomic E-state index is 0.0715. The van der Waals surface area contributed by atoms with Gasteiger partial charge in [-0.25, -0.2) is 0 Å². The quantitative estimate of drug-likeness (QED) is 0.640. The molecule has 0 N–H and O–H groups in total. The summed E-state index contributed by atoms with van der Waals surface area (Å²) in [5.74, 6) is -0.319. The molecular formula is C14H15ClN4O3. The Morgan fingerprint density at radius 2 is 2.18 bits per heavy atom. The maximum absolute atomic E-state index is 12.4. The van der Waals surface area contributed by atoms with E-state index in [1.807, 2.05) is 0 Å². The van der Waals surface area contributed by atoms with Crippen molar-refractivity contribution in [1.82, 2.24) is 14.7 Å². The Hall–Kier alpha value is -2.41. The van der Waals surface area contributed by atoms with Crippen molar-refractivity contribution in [3.63, 3.8) is 0 Å². The SMILES string of the molecule is Cc1ccc(C(=O)N(C)Cc2c(Cl)cnn2C)cc1[N+](=O)[O-]. The Morgan fingerprint density at radius 3 is 2.73 bits per heavy atom. The van der Waals surface area contributed by atoms with Crippen LogP contribution in [0.5, 0.6) is 0 Å². The third-order valence-electron chi connectivity index (χ3n) is 3.40. The molecule has 0 unspecified atom stereocenters. The molecule has 0 aliphatic rings. The van der Waals surface area contributed by atoms with E-state index < -0.39 is 4.92 Å². The summed E-state index contributed by atoms with van der Waals surface area (Å²) in [5, 5.41) is 15.4. The van der Waals surface area contributed by atoms with E-state index in [0.717, 1.165) is 0 Å². The zero-order valence-electron chi connectivity index (χ0n) is 12.4. The number of hydrogen-bond donors (Lipinski definition) is 0. The highest BCUT2D eigenvalue weighted by atomic mass is 35.5. The fourth-order valence-electron chi connectivity index (χ4n) is 2.07. The van der Waals surface area contributed by atoms with Gasteiger partial charge in [-0.2, -0.15) is 5.10 Å². The molecule has 0 aliphatic carbocycles. The van der Waals surface area contributed by atoms with Crippen LogP contribution in [0.3, 0.4) is 0 Å². The summed E-state index contributed by atoms with van der Waals surface area (Å²) < 4.78 is 1.59. The van der Waals surface area contributed by atoms with Crippen LogP contribution in [0.1, 0.15) is 21.6 Å². The fraction of sp³-hybridized carbons (Fsp3) is 0.286. The first kappa shape index (κ1) is 16.0. The van der Waals surface area contributed by atoms with Crippen LogP contribution in [-0.4, -0.2) is 32.6 Å². The summed E-state index contributed by atoms with van der Waals surface area (Å²) in [7, 11) is 3.34. The lowest BCUT2D eigenvalue weighted by Gasteiger charge is -2.17. The van der Waals surface area contributed by atoms with E-state index in [1.54, 1.807) is 37.8 Å². The molecule has 0 atom stereocenters. The lowest BCUT2D eigenvalue weighted by Crippen LogP contribution is -2.27. The van der Waals surface area contributed by atoms with Crippen molar-refractivity contribution in [2.75, 3.05) is 7.05 Å². The van der Waals surface area contributed by atoms with Crippen LogP contribution in [0.15, 0.2) is 24.4 Å². The van der Waals surface area contributed by atoms with Crippen molar-refractivity contribution in [3.8, 4) is 0 Å². The van der Waals surface area contributed by atoms with E-state index >= 15 is 0 Å². The van der Waals surface area contributed by atoms with Crippen molar-refractivity contribution < 1.29 is 9.72 Å². The van der Waals surface area contributed by atoms with E-state index in [9.17, 15) is 14.9 Å². The zero-order chi connectivity index (χ0) is 16.4. The van der Waals surface area contributed by atoms with Crippen molar-refractivity contribution in [1.29, 1.82) is 0 Å². The third-order valence-corrected chi connectivity index (χ3v) is 3.71. The number of benzene rings is 1. The Morgan fingerprint density at radius 1 is 1.50 bits per heavy atom. The van der Waals surface area contributed by atoms with Crippen molar-refractivity contribution in [2.45, 2.75) is 13.5 Å². The Kier molecular flexibility index (Phi) is 4.46. The van der Waals surface area contributed by atoms with Gasteiger partial charge in [0.25, 0.3) is 11.6 Å². The molecule has 1 aromatic heterocycles. The number of nitrogens with zero attached hydrogens (tertiary/aromatic N) is 4. The van der Waals surface area contributed by atoms with Gasteiger partial charge in [0.2, 0.25) is 0 Å². The summed E-state index contributed by atoms with van der Waals surface area (Å²) in [5.41, 5.74) is 1.40. The summed E-state index contributed by atoms with van der Waals surface area (Å²) in [6.07, 6.45) is 1.51. The maximum Gasteiger partial charge on any atom is 0.273 e. The smallest absolute Gasteiger partial charge is 0.273 e. The number of aromatic nitrogens is 2. The van der Waals surface area contributed by atoms with Crippen molar-refractivity contribution in [2.24, 2.45) is 7.05 Å². The second kappa shape index (κ2) is 6.15. The van der Waals surface area contributed by atoms with Crippen LogP contribution in [-0.2, 0) is 13.6 Å². The molecule has 1 aromatic carbocycles. The molecule has 0 bridgehead atoms. The van der Waals surface area contributed by atoms with Crippen molar-refractivity contribution >= 4 is 23.2 Å². The van der Waals surface area contributed by atoms with E-state index in [4.69, 9.17) is 11.6 Å². The predicted molar refractivity (Wildman–Crippen MR) is 81.8 cm³/mol. The molecule has 2 rings (SSSR count). The van der Waals surface area contributed by atoms with Gasteiger partial charge in [-0.15, -0.1) is 0 Å². The largest absolute Gasteiger partial charge is 0.336 e. The molecule has 0 saturated carbocycles. The van der Waals surface area contributed by atoms with E-state index in [2.05, 4.69) is 5.10 Å². The average molecular weight is 323 g/mol. The molecule has 1 amide bonds. The Labute approximate surface area is 132 Å². The van der Waals surface area contributed by atoms with Crippen LogP contribution >= 0.6 is 11.6 Å². The molecule has 22 heavy (non-hydrogen) atoms. The Bertz CT molecular complexity index is 722. The molecule has 0 aliphatic heterocycles. The van der Waals surface area contributed by atoms with Gasteiger partial charge in [-0.05, 0) is 13.0 Å². The highest BCUT2D eigenvalue weighted by molar-refractivity contribution is 6.31. The maximum atomic E-state index is 12.4. The van der Waals surface area contributed by atoms with Gasteiger partial charge >= 0.3 is 0 Å². The number of aryl methyl sites for hydroxylation is 2. The highest BCUT2D eigenvalue weighted by Crippen LogP contribution is 2.21. The van der Waals surface area contributed by atoms with Crippen LogP contribution in [0.2, 0.25) is 5.02 Å². The first-order chi connectivity index (χ1) is 10.3. The van der Waals surface area contributed by atoms with E-state index in [-0.39, 0.29) is 23.7 Å². The Balaban J connectivity index is 2.24. The van der Waals surface area contributed by atoms with Gasteiger partial charge in [0, 0.05) is 31.3 Å². The minimum atomic E-state index is -0.496. The monoisotopic (exact) mass is 322 g/mol. The summed E-state index contributed by atoms with van der Waals surface area (Å²) >= 11 is 6.02. The molecule has 7 nitrogen and oxygen atoms in total. The highest BCUT2D eigenvalue weighted by Gasteiger charge is 2.19. The van der Waals surface area contributed by atoms with E-state index in [0.29, 0.717) is 16.3 Å². The number of rotatable bonds is 4. The van der Waals surface area contributed by atoms with E-state index in [1.165, 1.54) is 17.2 Å². The molecule has 0 spiro atoms. The van der Waals surface area contributed by atoms with Crippen molar-refractivity contribution in [3.05, 3.63) is 56.4 Å². The van der Waals surface area contributed by atoms with Crippen LogP contribution < -0.4 is 0 Å². The lowest BCUT2D eigenvalue weighted by molar-refractivity contribution is -0.385. The van der Waals surface area contributed by atoms with Gasteiger partial charge < -0.3 is 4.90 Å². The lowest BCUT2D eigenvalue weighted by atomic mass is 10.1. The molecule has 2 aromatic rings. The first-order valence-corrected chi connectivity index (χ1v) is 6.86. The summed E-state index contributed by atoms with van der Waals surface area (Å²) in [6.45, 7) is 1.89. The topological polar surface area (TPSA) is 81.3 Å². The second-order valence-electron chi connectivity index (χ2n) is 4.98. The van der Waals surface area contributed by atoms with Gasteiger partial charge in [0.15, 0.2) is 0 Å². The van der Waals surface area contributed by atoms with Gasteiger partial charge in [0.05, 0.1) is 28.4 Å². The van der Waals surface area contributed by atoms with Gasteiger partial charge in [-0.1, -0.05) is 17.7 Å². The predicted octanol–water partition coefficient (Wildman–Crippen LogP) is 2.56.